The molecule has 3 heterocycles. The van der Waals surface area contributed by atoms with Crippen molar-refractivity contribution in [3.8, 4) is 11.4 Å². The molecule has 1 atom stereocenters. The number of halogens is 1. The minimum absolute atomic E-state index is 0.0113. The van der Waals surface area contributed by atoms with Crippen LogP contribution in [0.3, 0.4) is 0 Å². The predicted molar refractivity (Wildman–Crippen MR) is 117 cm³/mol. The van der Waals surface area contributed by atoms with E-state index in [9.17, 15) is 9.18 Å². The molecule has 162 valence electrons. The van der Waals surface area contributed by atoms with Gasteiger partial charge in [-0.05, 0) is 42.8 Å². The highest BCUT2D eigenvalue weighted by Gasteiger charge is 2.53. The van der Waals surface area contributed by atoms with Gasteiger partial charge in [0, 0.05) is 11.8 Å². The van der Waals surface area contributed by atoms with E-state index in [-0.39, 0.29) is 24.9 Å². The molecule has 2 aliphatic heterocycles. The molecule has 1 unspecified atom stereocenters. The number of aryl methyl sites for hydroxylation is 1. The minimum Gasteiger partial charge on any atom is -0.495 e. The zero-order chi connectivity index (χ0) is 22.3. The van der Waals surface area contributed by atoms with Crippen molar-refractivity contribution in [3.05, 3.63) is 83.7 Å². The molecule has 1 fully saturated rings. The van der Waals surface area contributed by atoms with E-state index in [1.807, 2.05) is 42.0 Å². The Morgan fingerprint density at radius 3 is 2.72 bits per heavy atom. The van der Waals surface area contributed by atoms with Crippen molar-refractivity contribution >= 4 is 17.8 Å². The number of carbonyl (C=O) groups excluding carboxylic acids is 1. The number of methoxy groups -OCH3 is 1. The van der Waals surface area contributed by atoms with Crippen LogP contribution in [0.1, 0.15) is 16.8 Å². The Kier molecular flexibility index (Phi) is 4.86. The van der Waals surface area contributed by atoms with Gasteiger partial charge in [-0.25, -0.2) is 14.4 Å². The normalized spacial score (nSPS) is 20.2. The number of morpholine rings is 1. The van der Waals surface area contributed by atoms with Crippen molar-refractivity contribution < 1.29 is 18.7 Å². The summed E-state index contributed by atoms with van der Waals surface area (Å²) in [6.07, 6.45) is 7.34. The lowest BCUT2D eigenvalue weighted by atomic mass is 9.93. The number of ether oxygens (including phenoxy) is 2. The second kappa shape index (κ2) is 7.72. The van der Waals surface area contributed by atoms with Gasteiger partial charge in [0.25, 0.3) is 5.91 Å². The summed E-state index contributed by atoms with van der Waals surface area (Å²) in [6.45, 7) is 2.15. The van der Waals surface area contributed by atoms with E-state index in [1.54, 1.807) is 36.5 Å². The Morgan fingerprint density at radius 1 is 1.19 bits per heavy atom. The van der Waals surface area contributed by atoms with Gasteiger partial charge < -0.3 is 14.0 Å². The van der Waals surface area contributed by atoms with Crippen LogP contribution in [0.5, 0.6) is 5.75 Å². The second-order valence-corrected chi connectivity index (χ2v) is 7.70. The molecule has 7 nitrogen and oxygen atoms in total. The molecule has 1 aromatic heterocycles. The van der Waals surface area contributed by atoms with Crippen LogP contribution in [0, 0.1) is 12.7 Å². The fourth-order valence-electron chi connectivity index (χ4n) is 4.05. The van der Waals surface area contributed by atoms with E-state index in [4.69, 9.17) is 14.5 Å². The van der Waals surface area contributed by atoms with Gasteiger partial charge in [-0.2, -0.15) is 0 Å². The molecule has 8 heteroatoms. The van der Waals surface area contributed by atoms with Crippen molar-refractivity contribution in [2.24, 2.45) is 4.99 Å². The molecule has 0 N–H and O–H groups in total. The smallest absolute Gasteiger partial charge is 0.256 e. The Morgan fingerprint density at radius 2 is 2.00 bits per heavy atom. The van der Waals surface area contributed by atoms with Crippen LogP contribution in [0.15, 0.2) is 66.1 Å². The van der Waals surface area contributed by atoms with Gasteiger partial charge in [0.05, 0.1) is 31.4 Å². The number of amidine groups is 1. The molecule has 0 bridgehead atoms. The van der Waals surface area contributed by atoms with Gasteiger partial charge in [-0.1, -0.05) is 24.3 Å². The highest BCUT2D eigenvalue weighted by atomic mass is 19.1. The van der Waals surface area contributed by atoms with Crippen molar-refractivity contribution in [1.29, 1.82) is 0 Å². The largest absolute Gasteiger partial charge is 0.495 e. The Hall–Kier alpha value is -3.78. The SMILES string of the molecule is COc1cc(/C=C/C2=NC3(c4ccc(F)cc4)COCC(=O)N23)ccc1-n1cnc(C)c1. The van der Waals surface area contributed by atoms with Crippen molar-refractivity contribution in [2.75, 3.05) is 20.3 Å². The van der Waals surface area contributed by atoms with E-state index >= 15 is 0 Å². The highest BCUT2D eigenvalue weighted by Crippen LogP contribution is 2.41. The topological polar surface area (TPSA) is 69.0 Å². The molecular weight excluding hydrogens is 411 g/mol. The maximum atomic E-state index is 13.4. The van der Waals surface area contributed by atoms with Crippen LogP contribution in [0.25, 0.3) is 11.8 Å². The standard InChI is InChI=1S/C24H21FN4O3/c1-16-12-28(15-26-16)20-9-3-17(11-21(20)31-2)4-10-22-27-24(14-32-13-23(30)29(22)24)18-5-7-19(25)8-6-18/h3-12,15H,13-14H2,1-2H3/b10-4+. The Balaban J connectivity index is 1.44. The van der Waals surface area contributed by atoms with Crippen molar-refractivity contribution in [1.82, 2.24) is 14.5 Å². The monoisotopic (exact) mass is 432 g/mol. The van der Waals surface area contributed by atoms with Crippen molar-refractivity contribution in [2.45, 2.75) is 12.6 Å². The fourth-order valence-corrected chi connectivity index (χ4v) is 4.05. The molecule has 2 aliphatic rings. The quantitative estimate of drug-likeness (QED) is 0.619. The molecule has 1 saturated heterocycles. The van der Waals surface area contributed by atoms with Crippen molar-refractivity contribution in [3.63, 3.8) is 0 Å². The molecule has 1 amide bonds. The van der Waals surface area contributed by atoms with E-state index < -0.39 is 5.66 Å². The number of amides is 1. The lowest BCUT2D eigenvalue weighted by Crippen LogP contribution is -2.65. The summed E-state index contributed by atoms with van der Waals surface area (Å²) in [5.74, 6) is 0.712. The van der Waals surface area contributed by atoms with E-state index in [0.717, 1.165) is 16.9 Å². The lowest BCUT2D eigenvalue weighted by Gasteiger charge is -2.50. The third-order valence-corrected chi connectivity index (χ3v) is 5.60. The first-order valence-electron chi connectivity index (χ1n) is 10.1. The molecule has 32 heavy (non-hydrogen) atoms. The molecule has 0 saturated carbocycles. The van der Waals surface area contributed by atoms with Gasteiger partial charge in [0.2, 0.25) is 0 Å². The van der Waals surface area contributed by atoms with Crippen LogP contribution in [0.2, 0.25) is 0 Å². The Labute approximate surface area is 184 Å². The fraction of sp³-hybridized carbons (Fsp3) is 0.208. The molecular formula is C24H21FN4O3. The predicted octanol–water partition coefficient (Wildman–Crippen LogP) is 3.47. The highest BCUT2D eigenvalue weighted by molar-refractivity contribution is 6.11. The Bertz CT molecular complexity index is 1250. The number of fused-ring (bicyclic) bond motifs is 1. The first-order chi connectivity index (χ1) is 15.5. The van der Waals surface area contributed by atoms with Gasteiger partial charge in [0.15, 0.2) is 5.66 Å². The van der Waals surface area contributed by atoms with E-state index in [2.05, 4.69) is 4.98 Å². The second-order valence-electron chi connectivity index (χ2n) is 7.70. The number of nitrogens with zero attached hydrogens (tertiary/aromatic N) is 4. The summed E-state index contributed by atoms with van der Waals surface area (Å²) < 4.78 is 26.3. The summed E-state index contributed by atoms with van der Waals surface area (Å²) in [6, 6.07) is 11.8. The van der Waals surface area contributed by atoms with Crippen LogP contribution in [-0.2, 0) is 15.2 Å². The molecule has 2 aromatic carbocycles. The maximum Gasteiger partial charge on any atom is 0.256 e. The van der Waals surface area contributed by atoms with Crippen LogP contribution >= 0.6 is 0 Å². The minimum atomic E-state index is -0.941. The zero-order valence-electron chi connectivity index (χ0n) is 17.7. The van der Waals surface area contributed by atoms with Crippen LogP contribution in [-0.4, -0.2) is 46.5 Å². The average molecular weight is 432 g/mol. The number of aromatic nitrogens is 2. The number of aliphatic imine (C=N–C) groups is 1. The molecule has 3 aromatic rings. The summed E-state index contributed by atoms with van der Waals surface area (Å²) in [5.41, 5.74) is 2.46. The summed E-state index contributed by atoms with van der Waals surface area (Å²) in [7, 11) is 1.62. The molecule has 5 rings (SSSR count). The van der Waals surface area contributed by atoms with Gasteiger partial charge in [0.1, 0.15) is 24.0 Å². The molecule has 0 spiro atoms. The van der Waals surface area contributed by atoms with Gasteiger partial charge >= 0.3 is 0 Å². The average Bonchev–Trinajstić information content (AvgIpc) is 3.21. The first kappa shape index (κ1) is 20.1. The van der Waals surface area contributed by atoms with E-state index in [0.29, 0.717) is 17.1 Å². The number of hydrogen-bond donors (Lipinski definition) is 0. The third-order valence-electron chi connectivity index (χ3n) is 5.60. The van der Waals surface area contributed by atoms with Crippen LogP contribution < -0.4 is 4.74 Å². The van der Waals surface area contributed by atoms with Gasteiger partial charge in [-0.15, -0.1) is 0 Å². The third kappa shape index (κ3) is 3.29. The summed E-state index contributed by atoms with van der Waals surface area (Å²) >= 11 is 0. The van der Waals surface area contributed by atoms with Crippen LogP contribution in [0.4, 0.5) is 4.39 Å². The number of rotatable bonds is 5. The summed E-state index contributed by atoms with van der Waals surface area (Å²) in [5, 5.41) is 0. The lowest BCUT2D eigenvalue weighted by molar-refractivity contribution is -0.153. The number of imidazole rings is 1. The maximum absolute atomic E-state index is 13.4. The zero-order valence-corrected chi connectivity index (χ0v) is 17.7. The number of benzene rings is 2. The summed E-state index contributed by atoms with van der Waals surface area (Å²) in [4.78, 5) is 23.2. The number of carbonyl (C=O) groups is 1. The first-order valence-corrected chi connectivity index (χ1v) is 10.1. The number of hydrogen-bond acceptors (Lipinski definition) is 5. The molecule has 0 aliphatic carbocycles. The van der Waals surface area contributed by atoms with Gasteiger partial charge in [-0.3, -0.25) is 9.69 Å². The van der Waals surface area contributed by atoms with E-state index in [1.165, 1.54) is 12.1 Å². The molecule has 0 radical (unpaired) electrons.